The number of alkyl halides is 2. The van der Waals surface area contributed by atoms with E-state index in [4.69, 9.17) is 10.5 Å². The highest BCUT2D eigenvalue weighted by Crippen LogP contribution is 2.48. The first-order valence-corrected chi connectivity index (χ1v) is 8.41. The molecule has 0 saturated heterocycles. The van der Waals surface area contributed by atoms with Crippen LogP contribution in [0.3, 0.4) is 0 Å². The molecule has 1 fully saturated rings. The Morgan fingerprint density at radius 1 is 1.23 bits per heavy atom. The van der Waals surface area contributed by atoms with Crippen molar-refractivity contribution in [3.05, 3.63) is 41.7 Å². The Morgan fingerprint density at radius 2 is 1.92 bits per heavy atom. The lowest BCUT2D eigenvalue weighted by Gasteiger charge is -2.35. The number of anilines is 2. The molecule has 1 atom stereocenters. The van der Waals surface area contributed by atoms with Crippen LogP contribution in [0, 0.1) is 0 Å². The summed E-state index contributed by atoms with van der Waals surface area (Å²) < 4.78 is 31.8. The number of carbonyl (C=O) groups excluding carboxylic acids is 1. The second kappa shape index (κ2) is 5.89. The molecule has 6 nitrogen and oxygen atoms in total. The van der Waals surface area contributed by atoms with Crippen LogP contribution >= 0.6 is 0 Å². The third-order valence-electron chi connectivity index (χ3n) is 4.82. The third kappa shape index (κ3) is 2.85. The van der Waals surface area contributed by atoms with Gasteiger partial charge in [0.25, 0.3) is 5.91 Å². The smallest absolute Gasteiger partial charge is 0.267 e. The predicted molar refractivity (Wildman–Crippen MR) is 91.6 cm³/mol. The van der Waals surface area contributed by atoms with Crippen molar-refractivity contribution in [1.29, 1.82) is 0 Å². The molecule has 1 amide bonds. The molecule has 1 aromatic carbocycles. The Hall–Kier alpha value is -2.77. The van der Waals surface area contributed by atoms with Gasteiger partial charge in [0.05, 0.1) is 6.54 Å². The topological polar surface area (TPSA) is 81.3 Å². The highest BCUT2D eigenvalue weighted by molar-refractivity contribution is 6.10. The number of rotatable bonds is 2. The van der Waals surface area contributed by atoms with Crippen molar-refractivity contribution in [3.63, 3.8) is 0 Å². The van der Waals surface area contributed by atoms with Crippen LogP contribution in [-0.4, -0.2) is 34.4 Å². The Kier molecular flexibility index (Phi) is 3.78. The van der Waals surface area contributed by atoms with E-state index in [2.05, 4.69) is 9.97 Å². The molecule has 1 aliphatic carbocycles. The van der Waals surface area contributed by atoms with Crippen LogP contribution in [0.1, 0.15) is 41.6 Å². The fraction of sp³-hybridized carbons (Fsp3) is 0.389. The normalized spacial score (nSPS) is 22.2. The number of nitrogen functional groups attached to an aromatic ring is 1. The zero-order valence-corrected chi connectivity index (χ0v) is 14.2. The first-order chi connectivity index (χ1) is 12.3. The molecule has 136 valence electrons. The monoisotopic (exact) mass is 360 g/mol. The zero-order chi connectivity index (χ0) is 18.5. The molecule has 2 N–H and O–H groups in total. The summed E-state index contributed by atoms with van der Waals surface area (Å²) in [4.78, 5) is 22.4. The van der Waals surface area contributed by atoms with Gasteiger partial charge in [-0.25, -0.2) is 18.7 Å². The van der Waals surface area contributed by atoms with Gasteiger partial charge in [-0.05, 0) is 30.5 Å². The number of halogens is 2. The van der Waals surface area contributed by atoms with Crippen LogP contribution in [0.2, 0.25) is 0 Å². The van der Waals surface area contributed by atoms with Crippen molar-refractivity contribution < 1.29 is 18.3 Å². The van der Waals surface area contributed by atoms with Crippen LogP contribution in [-0.2, 0) is 0 Å². The minimum atomic E-state index is -2.56. The lowest BCUT2D eigenvalue weighted by molar-refractivity contribution is -0.0867. The molecule has 1 saturated carbocycles. The molecule has 4 rings (SSSR count). The maximum absolute atomic E-state index is 13.1. The molecule has 26 heavy (non-hydrogen) atoms. The minimum absolute atomic E-state index is 0.0624. The number of hydrogen-bond donors (Lipinski definition) is 1. The van der Waals surface area contributed by atoms with Gasteiger partial charge < -0.3 is 15.4 Å². The van der Waals surface area contributed by atoms with Gasteiger partial charge in [-0.3, -0.25) is 4.79 Å². The van der Waals surface area contributed by atoms with Gasteiger partial charge in [0.2, 0.25) is 11.8 Å². The van der Waals surface area contributed by atoms with Crippen LogP contribution in [0.25, 0.3) is 0 Å². The molecular weight excluding hydrogens is 342 g/mol. The molecule has 1 aliphatic heterocycles. The number of hydrogen-bond acceptors (Lipinski definition) is 5. The third-order valence-corrected chi connectivity index (χ3v) is 4.82. The Labute approximate surface area is 149 Å². The first-order valence-electron chi connectivity index (χ1n) is 8.41. The summed E-state index contributed by atoms with van der Waals surface area (Å²) in [5.74, 6) is -2.80. The van der Waals surface area contributed by atoms with Crippen LogP contribution < -0.4 is 15.4 Å². The lowest BCUT2D eigenvalue weighted by Crippen LogP contribution is -2.36. The Bertz CT molecular complexity index is 849. The van der Waals surface area contributed by atoms with Crippen LogP contribution in [0.5, 0.6) is 5.88 Å². The van der Waals surface area contributed by atoms with Gasteiger partial charge in [0, 0.05) is 18.5 Å². The van der Waals surface area contributed by atoms with Crippen molar-refractivity contribution >= 4 is 17.4 Å². The molecule has 8 heteroatoms. The molecular formula is C18H18F2N4O2. The molecule has 0 radical (unpaired) electrons. The largest absolute Gasteiger partial charge is 0.472 e. The van der Waals surface area contributed by atoms with Crippen LogP contribution in [0.15, 0.2) is 30.6 Å². The van der Waals surface area contributed by atoms with E-state index in [9.17, 15) is 13.6 Å². The minimum Gasteiger partial charge on any atom is -0.472 e. The summed E-state index contributed by atoms with van der Waals surface area (Å²) in [6.45, 7) is 2.15. The molecule has 2 aliphatic rings. The molecule has 0 unspecified atom stereocenters. The standard InChI is InChI=1S/C18H18F2N4O2/c1-10-8-24(17(25)14-15(21)22-9-23-16(14)26-10)13-4-2-11(3-5-13)12-6-18(19,20)7-12/h2-5,9-10,12H,6-8H2,1H3,(H2,21,22,23)/t10-/m1/s1. The number of aromatic nitrogens is 2. The summed E-state index contributed by atoms with van der Waals surface area (Å²) in [6.07, 6.45) is 0.717. The van der Waals surface area contributed by atoms with Gasteiger partial charge in [0.1, 0.15) is 23.8 Å². The fourth-order valence-electron chi connectivity index (χ4n) is 3.42. The van der Waals surface area contributed by atoms with Gasteiger partial charge in [-0.15, -0.1) is 0 Å². The second-order valence-electron chi connectivity index (χ2n) is 6.84. The lowest BCUT2D eigenvalue weighted by atomic mass is 9.77. The summed E-state index contributed by atoms with van der Waals surface area (Å²) in [6, 6.07) is 7.12. The average molecular weight is 360 g/mol. The van der Waals surface area contributed by atoms with Gasteiger partial charge >= 0.3 is 0 Å². The van der Waals surface area contributed by atoms with Crippen molar-refractivity contribution in [3.8, 4) is 5.88 Å². The Balaban J connectivity index is 1.62. The van der Waals surface area contributed by atoms with Gasteiger partial charge in [-0.2, -0.15) is 0 Å². The SMILES string of the molecule is C[C@@H]1CN(c2ccc(C3CC(F)(F)C3)cc2)C(=O)c2c(N)ncnc2O1. The maximum Gasteiger partial charge on any atom is 0.267 e. The first kappa shape index (κ1) is 16.7. The number of nitrogens with zero attached hydrogens (tertiary/aromatic N) is 3. The van der Waals surface area contributed by atoms with Gasteiger partial charge in [0.15, 0.2) is 0 Å². The molecule has 1 aromatic heterocycles. The number of amides is 1. The van der Waals surface area contributed by atoms with E-state index in [-0.39, 0.29) is 48.0 Å². The van der Waals surface area contributed by atoms with E-state index in [0.717, 1.165) is 5.56 Å². The molecule has 0 spiro atoms. The second-order valence-corrected chi connectivity index (χ2v) is 6.84. The van der Waals surface area contributed by atoms with E-state index in [1.807, 2.05) is 6.92 Å². The van der Waals surface area contributed by atoms with E-state index < -0.39 is 5.92 Å². The number of nitrogens with two attached hydrogens (primary N) is 1. The maximum atomic E-state index is 13.1. The number of benzene rings is 1. The summed E-state index contributed by atoms with van der Waals surface area (Å²) >= 11 is 0. The van der Waals surface area contributed by atoms with Gasteiger partial charge in [-0.1, -0.05) is 12.1 Å². The van der Waals surface area contributed by atoms with Crippen molar-refractivity contribution in [2.45, 2.75) is 37.7 Å². The summed E-state index contributed by atoms with van der Waals surface area (Å²) in [7, 11) is 0. The molecule has 2 aromatic rings. The molecule has 0 bridgehead atoms. The van der Waals surface area contributed by atoms with E-state index in [1.54, 1.807) is 29.2 Å². The zero-order valence-electron chi connectivity index (χ0n) is 14.2. The van der Waals surface area contributed by atoms with Crippen LogP contribution in [0.4, 0.5) is 20.3 Å². The van der Waals surface area contributed by atoms with E-state index in [0.29, 0.717) is 12.2 Å². The number of ether oxygens (including phenoxy) is 1. The summed E-state index contributed by atoms with van der Waals surface area (Å²) in [5.41, 5.74) is 7.50. The fourth-order valence-corrected chi connectivity index (χ4v) is 3.42. The molecule has 2 heterocycles. The van der Waals surface area contributed by atoms with Crippen molar-refractivity contribution in [2.24, 2.45) is 0 Å². The number of fused-ring (bicyclic) bond motifs is 1. The quantitative estimate of drug-likeness (QED) is 0.890. The van der Waals surface area contributed by atoms with Crippen molar-refractivity contribution in [2.75, 3.05) is 17.2 Å². The highest BCUT2D eigenvalue weighted by Gasteiger charge is 2.45. The van der Waals surface area contributed by atoms with Crippen molar-refractivity contribution in [1.82, 2.24) is 9.97 Å². The Morgan fingerprint density at radius 3 is 2.58 bits per heavy atom. The predicted octanol–water partition coefficient (Wildman–Crippen LogP) is 3.00. The highest BCUT2D eigenvalue weighted by atomic mass is 19.3. The van der Waals surface area contributed by atoms with E-state index >= 15 is 0 Å². The summed E-state index contributed by atoms with van der Waals surface area (Å²) in [5, 5.41) is 0. The van der Waals surface area contributed by atoms with E-state index in [1.165, 1.54) is 6.33 Å². The number of carbonyl (C=O) groups is 1. The average Bonchev–Trinajstić information content (AvgIpc) is 2.70.